The van der Waals surface area contributed by atoms with Crippen LogP contribution in [0.3, 0.4) is 0 Å². The summed E-state index contributed by atoms with van der Waals surface area (Å²) in [4.78, 5) is 0. The number of nitrogens with zero attached hydrogens (tertiary/aromatic N) is 2. The van der Waals surface area contributed by atoms with Crippen LogP contribution in [0.1, 0.15) is 31.2 Å². The first-order valence-electron chi connectivity index (χ1n) is 8.07. The summed E-state index contributed by atoms with van der Waals surface area (Å²) in [5, 5.41) is 0. The van der Waals surface area contributed by atoms with Gasteiger partial charge in [0.1, 0.15) is 18.1 Å². The SMILES string of the molecule is CCCC[n+]1ccn(-c2ccccc2)c1Cc1ccccc1. The predicted molar refractivity (Wildman–Crippen MR) is 90.1 cm³/mol. The van der Waals surface area contributed by atoms with E-state index in [0.717, 1.165) is 13.0 Å². The molecule has 0 amide bonds. The van der Waals surface area contributed by atoms with E-state index in [9.17, 15) is 0 Å². The first-order valence-corrected chi connectivity index (χ1v) is 8.07. The molecule has 112 valence electrons. The van der Waals surface area contributed by atoms with E-state index < -0.39 is 0 Å². The van der Waals surface area contributed by atoms with Crippen LogP contribution in [0.25, 0.3) is 5.69 Å². The smallest absolute Gasteiger partial charge is 0.234 e. The van der Waals surface area contributed by atoms with Crippen molar-refractivity contribution in [1.29, 1.82) is 0 Å². The molecular formula is C20H23N2+. The van der Waals surface area contributed by atoms with Crippen molar-refractivity contribution in [2.75, 3.05) is 0 Å². The summed E-state index contributed by atoms with van der Waals surface area (Å²) in [7, 11) is 0. The molecular weight excluding hydrogens is 268 g/mol. The largest absolute Gasteiger partial charge is 0.266 e. The van der Waals surface area contributed by atoms with E-state index in [-0.39, 0.29) is 0 Å². The fourth-order valence-electron chi connectivity index (χ4n) is 2.78. The van der Waals surface area contributed by atoms with E-state index in [0.29, 0.717) is 0 Å². The van der Waals surface area contributed by atoms with Gasteiger partial charge in [-0.05, 0) is 24.1 Å². The van der Waals surface area contributed by atoms with Crippen molar-refractivity contribution in [2.45, 2.75) is 32.7 Å². The molecule has 22 heavy (non-hydrogen) atoms. The molecule has 0 aliphatic heterocycles. The second-order valence-electron chi connectivity index (χ2n) is 5.63. The Hall–Kier alpha value is -2.35. The van der Waals surface area contributed by atoms with E-state index in [4.69, 9.17) is 0 Å². The maximum Gasteiger partial charge on any atom is 0.266 e. The molecule has 0 radical (unpaired) electrons. The van der Waals surface area contributed by atoms with E-state index in [1.807, 2.05) is 0 Å². The van der Waals surface area contributed by atoms with Gasteiger partial charge in [0.05, 0.1) is 13.0 Å². The third-order valence-corrected chi connectivity index (χ3v) is 4.00. The lowest BCUT2D eigenvalue weighted by Crippen LogP contribution is -2.37. The Kier molecular flexibility index (Phi) is 4.69. The van der Waals surface area contributed by atoms with Gasteiger partial charge in [-0.2, -0.15) is 4.57 Å². The van der Waals surface area contributed by atoms with E-state index in [1.165, 1.54) is 29.9 Å². The minimum absolute atomic E-state index is 0.951. The lowest BCUT2D eigenvalue weighted by Gasteiger charge is -2.05. The van der Waals surface area contributed by atoms with Gasteiger partial charge in [0.15, 0.2) is 0 Å². The van der Waals surface area contributed by atoms with Crippen LogP contribution in [0.4, 0.5) is 0 Å². The van der Waals surface area contributed by atoms with Crippen molar-refractivity contribution in [3.05, 3.63) is 84.4 Å². The molecule has 3 aromatic rings. The molecule has 2 heteroatoms. The molecule has 0 aliphatic rings. The van der Waals surface area contributed by atoms with Gasteiger partial charge in [0.2, 0.25) is 0 Å². The van der Waals surface area contributed by atoms with Gasteiger partial charge in [0.25, 0.3) is 5.82 Å². The second kappa shape index (κ2) is 7.08. The number of aromatic nitrogens is 2. The van der Waals surface area contributed by atoms with Gasteiger partial charge in [0, 0.05) is 0 Å². The van der Waals surface area contributed by atoms with Crippen LogP contribution < -0.4 is 4.57 Å². The zero-order valence-corrected chi connectivity index (χ0v) is 13.2. The molecule has 1 heterocycles. The summed E-state index contributed by atoms with van der Waals surface area (Å²) in [5.41, 5.74) is 2.58. The molecule has 0 atom stereocenters. The molecule has 0 fully saturated rings. The summed E-state index contributed by atoms with van der Waals surface area (Å²) in [6, 6.07) is 21.3. The van der Waals surface area contributed by atoms with Crippen LogP contribution in [-0.4, -0.2) is 4.57 Å². The summed E-state index contributed by atoms with van der Waals surface area (Å²) < 4.78 is 4.70. The monoisotopic (exact) mass is 291 g/mol. The number of hydrogen-bond acceptors (Lipinski definition) is 0. The van der Waals surface area contributed by atoms with Crippen molar-refractivity contribution in [3.63, 3.8) is 0 Å². The lowest BCUT2D eigenvalue weighted by molar-refractivity contribution is -0.703. The minimum atomic E-state index is 0.951. The van der Waals surface area contributed by atoms with Crippen LogP contribution in [0, 0.1) is 0 Å². The number of hydrogen-bond donors (Lipinski definition) is 0. The first-order chi connectivity index (χ1) is 10.9. The summed E-state index contributed by atoms with van der Waals surface area (Å²) in [6.07, 6.45) is 7.77. The average Bonchev–Trinajstić information content (AvgIpc) is 2.97. The first kappa shape index (κ1) is 14.6. The molecule has 0 saturated carbocycles. The van der Waals surface area contributed by atoms with Gasteiger partial charge < -0.3 is 0 Å². The van der Waals surface area contributed by atoms with Crippen LogP contribution >= 0.6 is 0 Å². The molecule has 0 bridgehead atoms. The molecule has 1 aromatic heterocycles. The molecule has 0 saturated heterocycles. The fraction of sp³-hybridized carbons (Fsp3) is 0.250. The Morgan fingerprint density at radius 3 is 2.27 bits per heavy atom. The van der Waals surface area contributed by atoms with E-state index >= 15 is 0 Å². The number of aryl methyl sites for hydroxylation is 1. The number of rotatable bonds is 6. The topological polar surface area (TPSA) is 8.81 Å². The Labute approximate surface area is 132 Å². The highest BCUT2D eigenvalue weighted by atomic mass is 15.1. The third kappa shape index (κ3) is 3.28. The molecule has 0 aliphatic carbocycles. The minimum Gasteiger partial charge on any atom is -0.234 e. The Bertz CT molecular complexity index is 699. The van der Waals surface area contributed by atoms with Crippen LogP contribution in [0.5, 0.6) is 0 Å². The normalized spacial score (nSPS) is 10.8. The number of benzene rings is 2. The average molecular weight is 291 g/mol. The lowest BCUT2D eigenvalue weighted by atomic mass is 10.1. The van der Waals surface area contributed by atoms with Crippen LogP contribution in [0.2, 0.25) is 0 Å². The van der Waals surface area contributed by atoms with E-state index in [1.54, 1.807) is 0 Å². The molecule has 2 nitrogen and oxygen atoms in total. The maximum atomic E-state index is 2.39. The summed E-state index contributed by atoms with van der Waals surface area (Å²) in [6.45, 7) is 3.32. The fourth-order valence-corrected chi connectivity index (χ4v) is 2.78. The standard InChI is InChI=1S/C20H23N2/c1-2-3-14-21-15-16-22(19-12-8-5-9-13-19)20(21)17-18-10-6-4-7-11-18/h4-13,15-16H,2-3,14,17H2,1H3/q+1. The van der Waals surface area contributed by atoms with Crippen molar-refractivity contribution >= 4 is 0 Å². The van der Waals surface area contributed by atoms with E-state index in [2.05, 4.69) is 89.1 Å². The number of imidazole rings is 1. The predicted octanol–water partition coefficient (Wildman–Crippen LogP) is 4.16. The maximum absolute atomic E-state index is 2.39. The van der Waals surface area contributed by atoms with Gasteiger partial charge in [-0.25, -0.2) is 4.57 Å². The van der Waals surface area contributed by atoms with Crippen molar-refractivity contribution in [1.82, 2.24) is 4.57 Å². The van der Waals surface area contributed by atoms with Gasteiger partial charge in [-0.15, -0.1) is 0 Å². The number of para-hydroxylation sites is 1. The third-order valence-electron chi connectivity index (χ3n) is 4.00. The van der Waals surface area contributed by atoms with Gasteiger partial charge in [-0.3, -0.25) is 0 Å². The highest BCUT2D eigenvalue weighted by Crippen LogP contribution is 2.13. The zero-order chi connectivity index (χ0) is 15.2. The van der Waals surface area contributed by atoms with Crippen LogP contribution in [-0.2, 0) is 13.0 Å². The Morgan fingerprint density at radius 1 is 0.909 bits per heavy atom. The number of unbranched alkanes of at least 4 members (excludes halogenated alkanes) is 1. The molecule has 2 aromatic carbocycles. The van der Waals surface area contributed by atoms with Gasteiger partial charge >= 0.3 is 0 Å². The van der Waals surface area contributed by atoms with Crippen molar-refractivity contribution in [3.8, 4) is 5.69 Å². The zero-order valence-electron chi connectivity index (χ0n) is 13.2. The van der Waals surface area contributed by atoms with Crippen LogP contribution in [0.15, 0.2) is 73.1 Å². The summed E-state index contributed by atoms with van der Waals surface area (Å²) >= 11 is 0. The quantitative estimate of drug-likeness (QED) is 0.603. The molecule has 0 spiro atoms. The van der Waals surface area contributed by atoms with Crippen molar-refractivity contribution in [2.24, 2.45) is 0 Å². The van der Waals surface area contributed by atoms with Crippen molar-refractivity contribution < 1.29 is 4.57 Å². The second-order valence-corrected chi connectivity index (χ2v) is 5.63. The summed E-state index contributed by atoms with van der Waals surface area (Å²) in [5.74, 6) is 1.34. The Balaban J connectivity index is 1.98. The molecule has 3 rings (SSSR count). The molecule has 0 unspecified atom stereocenters. The molecule has 0 N–H and O–H groups in total. The van der Waals surface area contributed by atoms with Gasteiger partial charge in [-0.1, -0.05) is 61.9 Å². The highest BCUT2D eigenvalue weighted by Gasteiger charge is 2.18. The Morgan fingerprint density at radius 2 is 1.59 bits per heavy atom. The highest BCUT2D eigenvalue weighted by molar-refractivity contribution is 5.33.